The van der Waals surface area contributed by atoms with Gasteiger partial charge in [-0.15, -0.1) is 0 Å². The van der Waals surface area contributed by atoms with Gasteiger partial charge < -0.3 is 9.84 Å². The summed E-state index contributed by atoms with van der Waals surface area (Å²) < 4.78 is 5.63. The summed E-state index contributed by atoms with van der Waals surface area (Å²) in [6.45, 7) is 0. The summed E-state index contributed by atoms with van der Waals surface area (Å²) in [5, 5.41) is 19.1. The van der Waals surface area contributed by atoms with Gasteiger partial charge in [-0.05, 0) is 28.8 Å². The number of nitrogens with zero attached hydrogens (tertiary/aromatic N) is 1. The maximum Gasteiger partial charge on any atom is 0.314 e. The molecule has 3 aromatic carbocycles. The molecule has 0 unspecified atom stereocenters. The number of benzene rings is 3. The molecule has 150 valence electrons. The Balaban J connectivity index is 1.63. The number of ether oxygens (including phenoxy) is 1. The van der Waals surface area contributed by atoms with Crippen LogP contribution in [0.15, 0.2) is 84.9 Å². The highest BCUT2D eigenvalue weighted by molar-refractivity contribution is 5.95. The van der Waals surface area contributed by atoms with Crippen LogP contribution in [-0.4, -0.2) is 16.9 Å². The third-order valence-corrected chi connectivity index (χ3v) is 4.64. The van der Waals surface area contributed by atoms with Gasteiger partial charge in [-0.25, -0.2) is 0 Å². The molecule has 0 saturated heterocycles. The third-order valence-electron chi connectivity index (χ3n) is 4.64. The summed E-state index contributed by atoms with van der Waals surface area (Å²) in [5.74, 6) is -1.07. The van der Waals surface area contributed by atoms with Gasteiger partial charge in [-0.2, -0.15) is 5.26 Å². The topological polar surface area (TPSA) is 87.4 Å². The van der Waals surface area contributed by atoms with Crippen molar-refractivity contribution < 1.29 is 19.4 Å². The number of carbonyl (C=O) groups excluding carboxylic acids is 2. The van der Waals surface area contributed by atoms with E-state index in [9.17, 15) is 14.7 Å². The van der Waals surface area contributed by atoms with Crippen molar-refractivity contribution in [3.8, 4) is 6.07 Å². The number of carbonyl (C=O) groups is 2. The van der Waals surface area contributed by atoms with Crippen LogP contribution in [0.25, 0.3) is 0 Å². The van der Waals surface area contributed by atoms with Gasteiger partial charge in [0.2, 0.25) is 0 Å². The van der Waals surface area contributed by atoms with E-state index in [1.807, 2.05) is 66.7 Å². The van der Waals surface area contributed by atoms with Crippen LogP contribution < -0.4 is 0 Å². The van der Waals surface area contributed by atoms with E-state index in [4.69, 9.17) is 10.00 Å². The van der Waals surface area contributed by atoms with Crippen LogP contribution in [0.1, 0.15) is 47.3 Å². The number of Topliss-reactive ketones (excluding diaryl/α,β-unsaturated/α-hetero) is 1. The van der Waals surface area contributed by atoms with Crippen molar-refractivity contribution in [2.24, 2.45) is 0 Å². The Kier molecular flexibility index (Phi) is 7.09. The highest BCUT2D eigenvalue weighted by Gasteiger charge is 2.22. The van der Waals surface area contributed by atoms with Crippen molar-refractivity contribution in [3.63, 3.8) is 0 Å². The van der Waals surface area contributed by atoms with E-state index in [1.54, 1.807) is 24.3 Å². The molecule has 0 saturated carbocycles. The first-order valence-corrected chi connectivity index (χ1v) is 9.56. The molecule has 0 spiro atoms. The molecule has 3 rings (SSSR count). The second kappa shape index (κ2) is 10.1. The zero-order valence-electron chi connectivity index (χ0n) is 16.3. The van der Waals surface area contributed by atoms with E-state index in [2.05, 4.69) is 0 Å². The SMILES string of the molecule is N#Cc1ccc([C@H](O)CC(=O)CC(=O)OC(c2ccccc2)c2ccccc2)cc1. The number of ketones is 1. The molecule has 1 N–H and O–H groups in total. The second-order valence-electron chi connectivity index (χ2n) is 6.86. The summed E-state index contributed by atoms with van der Waals surface area (Å²) in [4.78, 5) is 24.8. The molecule has 0 aliphatic carbocycles. The van der Waals surface area contributed by atoms with E-state index in [0.29, 0.717) is 11.1 Å². The summed E-state index contributed by atoms with van der Waals surface area (Å²) in [7, 11) is 0. The van der Waals surface area contributed by atoms with Crippen LogP contribution in [0.3, 0.4) is 0 Å². The third kappa shape index (κ3) is 5.63. The Hall–Kier alpha value is -3.75. The van der Waals surface area contributed by atoms with Crippen molar-refractivity contribution in [3.05, 3.63) is 107 Å². The molecule has 30 heavy (non-hydrogen) atoms. The average Bonchev–Trinajstić information content (AvgIpc) is 2.78. The standard InChI is InChI=1S/C25H21NO4/c26-17-18-11-13-19(14-12-18)23(28)15-22(27)16-24(29)30-25(20-7-3-1-4-8-20)21-9-5-2-6-10-21/h1-14,23,25,28H,15-16H2/t23-/m1/s1. The number of hydrogen-bond acceptors (Lipinski definition) is 5. The van der Waals surface area contributed by atoms with Crippen LogP contribution in [-0.2, 0) is 14.3 Å². The van der Waals surface area contributed by atoms with Gasteiger partial charge in [0.25, 0.3) is 0 Å². The zero-order valence-corrected chi connectivity index (χ0v) is 16.3. The molecule has 0 fully saturated rings. The predicted octanol–water partition coefficient (Wildman–Crippen LogP) is 4.27. The molecule has 0 aromatic heterocycles. The number of rotatable bonds is 8. The van der Waals surface area contributed by atoms with Crippen LogP contribution in [0.5, 0.6) is 0 Å². The minimum atomic E-state index is -1.04. The van der Waals surface area contributed by atoms with E-state index in [1.165, 1.54) is 0 Å². The van der Waals surface area contributed by atoms with Gasteiger partial charge in [0.1, 0.15) is 12.2 Å². The lowest BCUT2D eigenvalue weighted by Gasteiger charge is -2.19. The van der Waals surface area contributed by atoms with E-state index in [-0.39, 0.29) is 6.42 Å². The molecule has 0 bridgehead atoms. The summed E-state index contributed by atoms with van der Waals surface area (Å²) in [6, 6.07) is 27.0. The number of nitriles is 1. The first kappa shape index (κ1) is 21.0. The van der Waals surface area contributed by atoms with Gasteiger partial charge >= 0.3 is 5.97 Å². The second-order valence-corrected chi connectivity index (χ2v) is 6.86. The van der Waals surface area contributed by atoms with Gasteiger partial charge in [0.05, 0.1) is 17.7 Å². The fourth-order valence-corrected chi connectivity index (χ4v) is 3.10. The van der Waals surface area contributed by atoms with Gasteiger partial charge in [0.15, 0.2) is 6.10 Å². The monoisotopic (exact) mass is 399 g/mol. The fraction of sp³-hybridized carbons (Fsp3) is 0.160. The van der Waals surface area contributed by atoms with Crippen molar-refractivity contribution in [1.29, 1.82) is 5.26 Å². The highest BCUT2D eigenvalue weighted by Crippen LogP contribution is 2.26. The molecular weight excluding hydrogens is 378 g/mol. The predicted molar refractivity (Wildman–Crippen MR) is 111 cm³/mol. The molecule has 0 aliphatic rings. The van der Waals surface area contributed by atoms with Crippen molar-refractivity contribution in [2.45, 2.75) is 25.0 Å². The summed E-state index contributed by atoms with van der Waals surface area (Å²) in [6.07, 6.45) is -2.29. The molecule has 0 heterocycles. The number of hydrogen-bond donors (Lipinski definition) is 1. The van der Waals surface area contributed by atoms with Crippen molar-refractivity contribution in [1.82, 2.24) is 0 Å². The largest absolute Gasteiger partial charge is 0.452 e. The first-order valence-electron chi connectivity index (χ1n) is 9.56. The highest BCUT2D eigenvalue weighted by atomic mass is 16.5. The zero-order chi connectivity index (χ0) is 21.3. The van der Waals surface area contributed by atoms with Crippen LogP contribution >= 0.6 is 0 Å². The van der Waals surface area contributed by atoms with Gasteiger partial charge in [-0.1, -0.05) is 72.8 Å². The van der Waals surface area contributed by atoms with E-state index in [0.717, 1.165) is 11.1 Å². The molecule has 3 aromatic rings. The first-order chi connectivity index (χ1) is 14.6. The van der Waals surface area contributed by atoms with Crippen LogP contribution in [0.4, 0.5) is 0 Å². The minimum absolute atomic E-state index is 0.206. The smallest absolute Gasteiger partial charge is 0.314 e. The lowest BCUT2D eigenvalue weighted by molar-refractivity contribution is -0.149. The van der Waals surface area contributed by atoms with Crippen LogP contribution in [0, 0.1) is 11.3 Å². The lowest BCUT2D eigenvalue weighted by Crippen LogP contribution is -2.17. The van der Waals surface area contributed by atoms with Gasteiger partial charge in [0, 0.05) is 6.42 Å². The van der Waals surface area contributed by atoms with E-state index >= 15 is 0 Å². The number of esters is 1. The molecule has 5 nitrogen and oxygen atoms in total. The maximum absolute atomic E-state index is 12.5. The fourth-order valence-electron chi connectivity index (χ4n) is 3.10. The van der Waals surface area contributed by atoms with Crippen molar-refractivity contribution in [2.75, 3.05) is 0 Å². The number of aliphatic hydroxyl groups excluding tert-OH is 1. The normalized spacial score (nSPS) is 11.5. The molecule has 5 heteroatoms. The Bertz CT molecular complexity index is 985. The molecule has 0 aliphatic heterocycles. The summed E-state index contributed by atoms with van der Waals surface area (Å²) >= 11 is 0. The molecular formula is C25H21NO4. The van der Waals surface area contributed by atoms with Crippen molar-refractivity contribution >= 4 is 11.8 Å². The Morgan fingerprint density at radius 2 is 1.37 bits per heavy atom. The Morgan fingerprint density at radius 3 is 1.87 bits per heavy atom. The Morgan fingerprint density at radius 1 is 0.833 bits per heavy atom. The average molecular weight is 399 g/mol. The van der Waals surface area contributed by atoms with Gasteiger partial charge in [-0.3, -0.25) is 9.59 Å². The maximum atomic E-state index is 12.5. The molecule has 1 atom stereocenters. The number of aliphatic hydroxyl groups is 1. The quantitative estimate of drug-likeness (QED) is 0.451. The van der Waals surface area contributed by atoms with E-state index < -0.39 is 30.4 Å². The van der Waals surface area contributed by atoms with Crippen LogP contribution in [0.2, 0.25) is 0 Å². The summed E-state index contributed by atoms with van der Waals surface area (Å²) in [5.41, 5.74) is 2.60. The Labute approximate surface area is 175 Å². The lowest BCUT2D eigenvalue weighted by atomic mass is 10.0. The minimum Gasteiger partial charge on any atom is -0.452 e. The molecule has 0 amide bonds. The molecule has 0 radical (unpaired) electrons.